The van der Waals surface area contributed by atoms with Crippen molar-refractivity contribution in [3.63, 3.8) is 0 Å². The van der Waals surface area contributed by atoms with Gasteiger partial charge in [-0.1, -0.05) is 33.3 Å². The fourth-order valence-corrected chi connectivity index (χ4v) is 4.58. The number of H-pyrrole nitrogens is 1. The third-order valence-corrected chi connectivity index (χ3v) is 6.27. The summed E-state index contributed by atoms with van der Waals surface area (Å²) >= 11 is 0. The van der Waals surface area contributed by atoms with E-state index in [9.17, 15) is 10.1 Å². The van der Waals surface area contributed by atoms with Gasteiger partial charge in [-0.2, -0.15) is 5.26 Å². The van der Waals surface area contributed by atoms with Crippen LogP contribution in [-0.2, 0) is 5.41 Å². The van der Waals surface area contributed by atoms with E-state index in [2.05, 4.69) is 44.1 Å². The number of nitrogens with zero attached hydrogens (tertiary/aromatic N) is 1. The van der Waals surface area contributed by atoms with E-state index in [-0.39, 0.29) is 5.78 Å². The molecule has 1 aliphatic rings. The number of rotatable bonds is 7. The van der Waals surface area contributed by atoms with Crippen molar-refractivity contribution < 1.29 is 9.53 Å². The quantitative estimate of drug-likeness (QED) is 0.528. The van der Waals surface area contributed by atoms with Gasteiger partial charge in [0.25, 0.3) is 0 Å². The van der Waals surface area contributed by atoms with Gasteiger partial charge < -0.3 is 15.0 Å². The third-order valence-electron chi connectivity index (χ3n) is 6.27. The Morgan fingerprint density at radius 2 is 2.03 bits per heavy atom. The molecule has 4 rings (SSSR count). The van der Waals surface area contributed by atoms with Gasteiger partial charge in [-0.3, -0.25) is 4.79 Å². The average Bonchev–Trinajstić information content (AvgIpc) is 3.15. The van der Waals surface area contributed by atoms with Crippen LogP contribution in [0.2, 0.25) is 0 Å². The highest BCUT2D eigenvalue weighted by molar-refractivity contribution is 6.20. The van der Waals surface area contributed by atoms with Gasteiger partial charge in [0, 0.05) is 40.2 Å². The molecular weight excluding hydrogens is 386 g/mol. The summed E-state index contributed by atoms with van der Waals surface area (Å²) in [6.07, 6.45) is 2.31. The largest absolute Gasteiger partial charge is 0.492 e. The molecule has 5 nitrogen and oxygen atoms in total. The number of aromatic amines is 1. The van der Waals surface area contributed by atoms with Crippen molar-refractivity contribution in [1.29, 1.82) is 5.26 Å². The smallest absolute Gasteiger partial charge is 0.195 e. The van der Waals surface area contributed by atoms with Crippen LogP contribution >= 0.6 is 0 Å². The number of carbonyl (C=O) groups excluding carboxylic acids is 1. The maximum absolute atomic E-state index is 13.4. The number of ketones is 1. The first-order valence-corrected chi connectivity index (χ1v) is 11.0. The van der Waals surface area contributed by atoms with Crippen molar-refractivity contribution in [3.05, 3.63) is 64.3 Å². The summed E-state index contributed by atoms with van der Waals surface area (Å²) in [6.45, 7) is 9.98. The summed E-state index contributed by atoms with van der Waals surface area (Å²) in [5.74, 6) is 0.790. The van der Waals surface area contributed by atoms with Crippen LogP contribution in [0.5, 0.6) is 5.75 Å². The Kier molecular flexibility index (Phi) is 5.60. The summed E-state index contributed by atoms with van der Waals surface area (Å²) in [5.41, 5.74) is 4.28. The number of benzene rings is 2. The van der Waals surface area contributed by atoms with Crippen LogP contribution in [0.15, 0.2) is 36.4 Å². The van der Waals surface area contributed by atoms with Crippen LogP contribution < -0.4 is 10.1 Å². The summed E-state index contributed by atoms with van der Waals surface area (Å²) in [6, 6.07) is 13.9. The molecule has 0 fully saturated rings. The second-order valence-electron chi connectivity index (χ2n) is 8.90. The molecule has 3 aromatic rings. The Balaban J connectivity index is 1.62. The minimum atomic E-state index is -0.391. The molecule has 2 aromatic carbocycles. The highest BCUT2D eigenvalue weighted by Gasteiger charge is 2.39. The highest BCUT2D eigenvalue weighted by atomic mass is 16.5. The zero-order valence-corrected chi connectivity index (χ0v) is 18.6. The summed E-state index contributed by atoms with van der Waals surface area (Å²) in [4.78, 5) is 16.8. The zero-order valence-electron chi connectivity index (χ0n) is 18.6. The predicted octanol–water partition coefficient (Wildman–Crippen LogP) is 5.07. The van der Waals surface area contributed by atoms with E-state index < -0.39 is 5.41 Å². The highest BCUT2D eigenvalue weighted by Crippen LogP contribution is 2.44. The number of aromatic nitrogens is 1. The summed E-state index contributed by atoms with van der Waals surface area (Å²) < 4.78 is 5.99. The molecule has 160 valence electrons. The lowest BCUT2D eigenvalue weighted by molar-refractivity contribution is 0.103. The molecule has 0 saturated heterocycles. The van der Waals surface area contributed by atoms with Crippen LogP contribution in [0.25, 0.3) is 10.9 Å². The Hall–Kier alpha value is -3.10. The van der Waals surface area contributed by atoms with Crippen LogP contribution in [0.3, 0.4) is 0 Å². The standard InChI is InChI=1S/C26H29N3O2/c1-5-6-16(2)28-11-12-31-18-8-10-19-21(14-18)26(3,4)25-23(24(19)30)20-9-7-17(15-27)13-22(20)29-25/h7-10,13-14,16,28-29H,5-6,11-12H2,1-4H3. The first-order chi connectivity index (χ1) is 14.9. The fraction of sp³-hybridized carbons (Fsp3) is 0.385. The molecule has 0 radical (unpaired) electrons. The van der Waals surface area contributed by atoms with Crippen LogP contribution in [0, 0.1) is 11.3 Å². The molecular formula is C26H29N3O2. The van der Waals surface area contributed by atoms with Gasteiger partial charge in [0.2, 0.25) is 0 Å². The van der Waals surface area contributed by atoms with Crippen molar-refractivity contribution in [2.75, 3.05) is 13.2 Å². The number of hydrogen-bond donors (Lipinski definition) is 2. The molecule has 1 unspecified atom stereocenters. The SMILES string of the molecule is CCCC(C)NCCOc1ccc2c(c1)C(C)(C)c1[nH]c3cc(C#N)ccc3c1C2=O. The molecule has 1 aromatic heterocycles. The number of fused-ring (bicyclic) bond motifs is 4. The second-order valence-corrected chi connectivity index (χ2v) is 8.90. The second kappa shape index (κ2) is 8.20. The van der Waals surface area contributed by atoms with E-state index in [0.717, 1.165) is 47.3 Å². The molecule has 1 aliphatic carbocycles. The monoisotopic (exact) mass is 415 g/mol. The topological polar surface area (TPSA) is 77.9 Å². The number of carbonyl (C=O) groups is 1. The molecule has 1 atom stereocenters. The zero-order chi connectivity index (χ0) is 22.2. The van der Waals surface area contributed by atoms with Gasteiger partial charge in [0.15, 0.2) is 5.78 Å². The molecule has 2 N–H and O–H groups in total. The van der Waals surface area contributed by atoms with E-state index in [1.165, 1.54) is 0 Å². The van der Waals surface area contributed by atoms with Crippen molar-refractivity contribution in [3.8, 4) is 11.8 Å². The normalized spacial score (nSPS) is 15.3. The Labute approximate surface area is 183 Å². The van der Waals surface area contributed by atoms with Gasteiger partial charge in [0.1, 0.15) is 12.4 Å². The molecule has 0 bridgehead atoms. The number of ether oxygens (including phenoxy) is 1. The van der Waals surface area contributed by atoms with Crippen LogP contribution in [-0.4, -0.2) is 30.0 Å². The summed E-state index contributed by atoms with van der Waals surface area (Å²) in [7, 11) is 0. The van der Waals surface area contributed by atoms with Crippen LogP contribution in [0.4, 0.5) is 0 Å². The van der Waals surface area contributed by atoms with Crippen molar-refractivity contribution in [1.82, 2.24) is 10.3 Å². The Morgan fingerprint density at radius 1 is 1.23 bits per heavy atom. The molecule has 0 saturated carbocycles. The first kappa shape index (κ1) is 21.1. The maximum Gasteiger partial charge on any atom is 0.195 e. The molecule has 0 aliphatic heterocycles. The Morgan fingerprint density at radius 3 is 2.77 bits per heavy atom. The lowest BCUT2D eigenvalue weighted by Gasteiger charge is -2.32. The van der Waals surface area contributed by atoms with Gasteiger partial charge >= 0.3 is 0 Å². The van der Waals surface area contributed by atoms with E-state index >= 15 is 0 Å². The molecule has 1 heterocycles. The van der Waals surface area contributed by atoms with E-state index in [4.69, 9.17) is 4.74 Å². The van der Waals surface area contributed by atoms with E-state index in [1.807, 2.05) is 30.3 Å². The number of hydrogen-bond acceptors (Lipinski definition) is 4. The molecule has 0 amide bonds. The van der Waals surface area contributed by atoms with Gasteiger partial charge in [-0.05, 0) is 49.2 Å². The maximum atomic E-state index is 13.4. The van der Waals surface area contributed by atoms with Gasteiger partial charge in [0.05, 0.1) is 17.2 Å². The minimum absolute atomic E-state index is 0.0156. The number of nitrogens with one attached hydrogen (secondary N) is 2. The molecule has 0 spiro atoms. The van der Waals surface area contributed by atoms with E-state index in [1.54, 1.807) is 6.07 Å². The summed E-state index contributed by atoms with van der Waals surface area (Å²) in [5, 5.41) is 13.6. The van der Waals surface area contributed by atoms with Crippen molar-refractivity contribution in [2.45, 2.75) is 52.0 Å². The average molecular weight is 416 g/mol. The van der Waals surface area contributed by atoms with Gasteiger partial charge in [-0.15, -0.1) is 0 Å². The fourth-order valence-electron chi connectivity index (χ4n) is 4.58. The number of nitriles is 1. The predicted molar refractivity (Wildman–Crippen MR) is 123 cm³/mol. The molecule has 31 heavy (non-hydrogen) atoms. The molecule has 5 heteroatoms. The van der Waals surface area contributed by atoms with Gasteiger partial charge in [-0.25, -0.2) is 0 Å². The van der Waals surface area contributed by atoms with Crippen molar-refractivity contribution in [2.24, 2.45) is 0 Å². The minimum Gasteiger partial charge on any atom is -0.492 e. The Bertz CT molecular complexity index is 1180. The lowest BCUT2D eigenvalue weighted by Crippen LogP contribution is -2.31. The lowest BCUT2D eigenvalue weighted by atomic mass is 9.71. The van der Waals surface area contributed by atoms with Crippen molar-refractivity contribution >= 4 is 16.7 Å². The first-order valence-electron chi connectivity index (χ1n) is 11.0. The third kappa shape index (κ3) is 3.73. The van der Waals surface area contributed by atoms with Crippen LogP contribution in [0.1, 0.15) is 73.3 Å². The van der Waals surface area contributed by atoms with E-state index in [0.29, 0.717) is 29.3 Å².